The fourth-order valence-corrected chi connectivity index (χ4v) is 1.58. The number of hydrogen-bond acceptors (Lipinski definition) is 4. The maximum absolute atomic E-state index is 11.0. The number of esters is 1. The Morgan fingerprint density at radius 3 is 2.73 bits per heavy atom. The lowest BCUT2D eigenvalue weighted by molar-refractivity contribution is 0.0602. The maximum Gasteiger partial charge on any atom is 0.341 e. The lowest BCUT2D eigenvalue weighted by Crippen LogP contribution is -2.04. The van der Waals surface area contributed by atoms with E-state index in [0.717, 1.165) is 4.88 Å². The molecule has 60 valence electrons. The van der Waals surface area contributed by atoms with Crippen LogP contribution in [0.4, 0.5) is 5.69 Å². The normalized spacial score (nSPS) is 9.64. The minimum Gasteiger partial charge on any atom is -0.465 e. The Kier molecular flexibility index (Phi) is 2.14. The standard InChI is InChI=1S/C7H9NO2S/c1-4-6(7(9)10-2)5(8)3-11-4/h3H,8H2,1-2H3. The molecule has 1 rings (SSSR count). The SMILES string of the molecule is COC(=O)c1c(N)csc1C. The Bertz CT molecular complexity index is 260. The summed E-state index contributed by atoms with van der Waals surface area (Å²) < 4.78 is 4.54. The van der Waals surface area contributed by atoms with E-state index in [1.54, 1.807) is 5.38 Å². The van der Waals surface area contributed by atoms with Gasteiger partial charge in [0.25, 0.3) is 0 Å². The summed E-state index contributed by atoms with van der Waals surface area (Å²) in [6.07, 6.45) is 0. The quantitative estimate of drug-likeness (QED) is 0.650. The van der Waals surface area contributed by atoms with E-state index in [1.165, 1.54) is 18.4 Å². The van der Waals surface area contributed by atoms with Gasteiger partial charge in [-0.1, -0.05) is 0 Å². The highest BCUT2D eigenvalue weighted by Crippen LogP contribution is 2.23. The van der Waals surface area contributed by atoms with E-state index in [-0.39, 0.29) is 5.97 Å². The molecular weight excluding hydrogens is 162 g/mol. The molecule has 0 aromatic carbocycles. The second-order valence-corrected chi connectivity index (χ2v) is 3.20. The highest BCUT2D eigenvalue weighted by atomic mass is 32.1. The molecule has 4 heteroatoms. The topological polar surface area (TPSA) is 52.3 Å². The zero-order valence-electron chi connectivity index (χ0n) is 6.38. The zero-order valence-corrected chi connectivity index (χ0v) is 7.20. The largest absolute Gasteiger partial charge is 0.465 e. The zero-order chi connectivity index (χ0) is 8.43. The number of carbonyl (C=O) groups is 1. The van der Waals surface area contributed by atoms with Gasteiger partial charge in [-0.15, -0.1) is 11.3 Å². The summed E-state index contributed by atoms with van der Waals surface area (Å²) in [6, 6.07) is 0. The van der Waals surface area contributed by atoms with Gasteiger partial charge >= 0.3 is 5.97 Å². The average Bonchev–Trinajstić information content (AvgIpc) is 2.30. The van der Waals surface area contributed by atoms with Crippen LogP contribution >= 0.6 is 11.3 Å². The van der Waals surface area contributed by atoms with Crippen LogP contribution in [0, 0.1) is 6.92 Å². The Hall–Kier alpha value is -1.03. The number of hydrogen-bond donors (Lipinski definition) is 1. The lowest BCUT2D eigenvalue weighted by atomic mass is 10.2. The monoisotopic (exact) mass is 171 g/mol. The molecule has 0 amide bonds. The van der Waals surface area contributed by atoms with Gasteiger partial charge in [0.05, 0.1) is 18.4 Å². The first-order valence-electron chi connectivity index (χ1n) is 3.08. The summed E-state index contributed by atoms with van der Waals surface area (Å²) in [7, 11) is 1.35. The van der Waals surface area contributed by atoms with Gasteiger partial charge in [0, 0.05) is 10.3 Å². The van der Waals surface area contributed by atoms with Gasteiger partial charge in [0.2, 0.25) is 0 Å². The molecule has 0 saturated carbocycles. The van der Waals surface area contributed by atoms with E-state index in [9.17, 15) is 4.79 Å². The first-order chi connectivity index (χ1) is 5.16. The van der Waals surface area contributed by atoms with Crippen LogP contribution in [0.15, 0.2) is 5.38 Å². The summed E-state index contributed by atoms with van der Waals surface area (Å²) in [5.74, 6) is -0.360. The number of nitrogens with two attached hydrogens (primary N) is 1. The molecule has 1 aromatic rings. The van der Waals surface area contributed by atoms with Gasteiger partial charge in [-0.25, -0.2) is 4.79 Å². The van der Waals surface area contributed by atoms with E-state index in [1.807, 2.05) is 6.92 Å². The van der Waals surface area contributed by atoms with Gasteiger partial charge in [-0.2, -0.15) is 0 Å². The smallest absolute Gasteiger partial charge is 0.341 e. The summed E-state index contributed by atoms with van der Waals surface area (Å²) in [5, 5.41) is 1.74. The molecule has 1 aromatic heterocycles. The molecule has 0 unspecified atom stereocenters. The lowest BCUT2D eigenvalue weighted by Gasteiger charge is -1.97. The highest BCUT2D eigenvalue weighted by molar-refractivity contribution is 7.10. The maximum atomic E-state index is 11.0. The van der Waals surface area contributed by atoms with Crippen molar-refractivity contribution in [2.24, 2.45) is 0 Å². The molecule has 0 saturated heterocycles. The van der Waals surface area contributed by atoms with Crippen molar-refractivity contribution in [3.8, 4) is 0 Å². The average molecular weight is 171 g/mol. The van der Waals surface area contributed by atoms with E-state index in [0.29, 0.717) is 11.3 Å². The molecule has 11 heavy (non-hydrogen) atoms. The van der Waals surface area contributed by atoms with Gasteiger partial charge in [-0.3, -0.25) is 0 Å². The van der Waals surface area contributed by atoms with Gasteiger partial charge < -0.3 is 10.5 Å². The number of rotatable bonds is 1. The fourth-order valence-electron chi connectivity index (χ4n) is 0.837. The van der Waals surface area contributed by atoms with E-state index < -0.39 is 0 Å². The number of ether oxygens (including phenoxy) is 1. The molecule has 0 atom stereocenters. The van der Waals surface area contributed by atoms with Crippen LogP contribution in [0.25, 0.3) is 0 Å². The van der Waals surface area contributed by atoms with Crippen LogP contribution in [-0.4, -0.2) is 13.1 Å². The second kappa shape index (κ2) is 2.92. The van der Waals surface area contributed by atoms with Crippen molar-refractivity contribution in [2.75, 3.05) is 12.8 Å². The first kappa shape index (κ1) is 8.07. The summed E-state index contributed by atoms with van der Waals surface area (Å²) >= 11 is 1.45. The third kappa shape index (κ3) is 1.35. The van der Waals surface area contributed by atoms with Gasteiger partial charge in [0.15, 0.2) is 0 Å². The molecule has 3 nitrogen and oxygen atoms in total. The minimum absolute atomic E-state index is 0.360. The number of anilines is 1. The molecule has 0 aliphatic rings. The Balaban J connectivity index is 3.10. The Labute approximate surface area is 68.8 Å². The number of thiophene rings is 1. The van der Waals surface area contributed by atoms with E-state index >= 15 is 0 Å². The fraction of sp³-hybridized carbons (Fsp3) is 0.286. The Morgan fingerprint density at radius 2 is 2.36 bits per heavy atom. The van der Waals surface area contributed by atoms with Crippen LogP contribution in [0.2, 0.25) is 0 Å². The molecule has 1 heterocycles. The highest BCUT2D eigenvalue weighted by Gasteiger charge is 2.14. The van der Waals surface area contributed by atoms with Crippen LogP contribution in [-0.2, 0) is 4.74 Å². The third-order valence-electron chi connectivity index (χ3n) is 1.39. The van der Waals surface area contributed by atoms with Crippen molar-refractivity contribution < 1.29 is 9.53 Å². The summed E-state index contributed by atoms with van der Waals surface area (Å²) in [6.45, 7) is 1.84. The van der Waals surface area contributed by atoms with E-state index in [4.69, 9.17) is 5.73 Å². The minimum atomic E-state index is -0.360. The Morgan fingerprint density at radius 1 is 1.73 bits per heavy atom. The molecule has 0 fully saturated rings. The van der Waals surface area contributed by atoms with Crippen LogP contribution < -0.4 is 5.73 Å². The van der Waals surface area contributed by atoms with Crippen LogP contribution in [0.3, 0.4) is 0 Å². The summed E-state index contributed by atoms with van der Waals surface area (Å²) in [5.41, 5.74) is 6.52. The van der Waals surface area contributed by atoms with Gasteiger partial charge in [0.1, 0.15) is 0 Å². The molecular formula is C7H9NO2S. The molecule has 0 bridgehead atoms. The van der Waals surface area contributed by atoms with Crippen LogP contribution in [0.5, 0.6) is 0 Å². The number of methoxy groups -OCH3 is 1. The van der Waals surface area contributed by atoms with Crippen molar-refractivity contribution in [3.63, 3.8) is 0 Å². The first-order valence-corrected chi connectivity index (χ1v) is 3.96. The number of aryl methyl sites for hydroxylation is 1. The second-order valence-electron chi connectivity index (χ2n) is 2.11. The van der Waals surface area contributed by atoms with E-state index in [2.05, 4.69) is 4.74 Å². The predicted molar refractivity (Wildman–Crippen MR) is 44.8 cm³/mol. The number of nitrogen functional groups attached to an aromatic ring is 1. The predicted octanol–water partition coefficient (Wildman–Crippen LogP) is 1.43. The number of carbonyl (C=O) groups excluding carboxylic acids is 1. The van der Waals surface area contributed by atoms with Gasteiger partial charge in [-0.05, 0) is 6.92 Å². The summed E-state index contributed by atoms with van der Waals surface area (Å²) in [4.78, 5) is 11.9. The van der Waals surface area contributed by atoms with Crippen molar-refractivity contribution in [3.05, 3.63) is 15.8 Å². The molecule has 2 N–H and O–H groups in total. The van der Waals surface area contributed by atoms with Crippen molar-refractivity contribution in [1.29, 1.82) is 0 Å². The van der Waals surface area contributed by atoms with Crippen LogP contribution in [0.1, 0.15) is 15.2 Å². The molecule has 0 spiro atoms. The van der Waals surface area contributed by atoms with Crippen molar-refractivity contribution in [2.45, 2.75) is 6.92 Å². The molecule has 0 aliphatic heterocycles. The molecule has 0 aliphatic carbocycles. The van der Waals surface area contributed by atoms with Crippen molar-refractivity contribution >= 4 is 23.0 Å². The van der Waals surface area contributed by atoms with Crippen molar-refractivity contribution in [1.82, 2.24) is 0 Å². The third-order valence-corrected chi connectivity index (χ3v) is 2.32. The molecule has 0 radical (unpaired) electrons.